The highest BCUT2D eigenvalue weighted by atomic mass is 28.4. The summed E-state index contributed by atoms with van der Waals surface area (Å²) in [5.74, 6) is 0.104. The number of cyclic esters (lactones) is 1. The van der Waals surface area contributed by atoms with Gasteiger partial charge >= 0.3 is 6.09 Å². The van der Waals surface area contributed by atoms with Gasteiger partial charge < -0.3 is 29.0 Å². The highest BCUT2D eigenvalue weighted by molar-refractivity contribution is 6.71. The van der Waals surface area contributed by atoms with Crippen LogP contribution in [0.5, 0.6) is 5.75 Å². The largest absolute Gasteiger partial charge is 0.497 e. The molecule has 2 fully saturated rings. The van der Waals surface area contributed by atoms with Gasteiger partial charge in [0.1, 0.15) is 12.4 Å². The molecule has 0 saturated carbocycles. The molecule has 1 aromatic heterocycles. The van der Waals surface area contributed by atoms with Crippen molar-refractivity contribution in [1.29, 1.82) is 0 Å². The first kappa shape index (κ1) is 30.3. The molecule has 4 atom stereocenters. The molecule has 44 heavy (non-hydrogen) atoms. The number of fused-ring (bicyclic) bond motifs is 2. The van der Waals surface area contributed by atoms with Gasteiger partial charge in [0.25, 0.3) is 5.91 Å². The van der Waals surface area contributed by atoms with Gasteiger partial charge in [-0.1, -0.05) is 24.3 Å². The number of hydrogen-bond acceptors (Lipinski definition) is 9. The first-order chi connectivity index (χ1) is 21.1. The van der Waals surface area contributed by atoms with Crippen LogP contribution in [0.4, 0.5) is 16.2 Å². The van der Waals surface area contributed by atoms with E-state index >= 15 is 0 Å². The molecule has 3 aliphatic heterocycles. The highest BCUT2D eigenvalue weighted by Crippen LogP contribution is 2.60. The van der Waals surface area contributed by atoms with Crippen LogP contribution >= 0.6 is 0 Å². The predicted octanol–water partition coefficient (Wildman–Crippen LogP) is 3.21. The molecule has 0 bridgehead atoms. The molecule has 0 radical (unpaired) electrons. The molecule has 13 heteroatoms. The Morgan fingerprint density at radius 1 is 1.18 bits per heavy atom. The average molecular weight is 622 g/mol. The van der Waals surface area contributed by atoms with Gasteiger partial charge in [0.05, 0.1) is 37.7 Å². The van der Waals surface area contributed by atoms with Crippen molar-refractivity contribution >= 4 is 31.7 Å². The van der Waals surface area contributed by atoms with Crippen LogP contribution in [-0.2, 0) is 39.4 Å². The third-order valence-electron chi connectivity index (χ3n) is 9.11. The molecule has 2 saturated heterocycles. The van der Waals surface area contributed by atoms with Crippen LogP contribution < -0.4 is 14.5 Å². The fourth-order valence-electron chi connectivity index (χ4n) is 7.18. The molecule has 1 spiro atoms. The Morgan fingerprint density at radius 3 is 2.70 bits per heavy atom. The molecule has 0 aliphatic carbocycles. The Bertz CT molecular complexity index is 1560. The molecule has 2 amide bonds. The Labute approximate surface area is 257 Å². The van der Waals surface area contributed by atoms with Crippen LogP contribution in [0.25, 0.3) is 0 Å². The van der Waals surface area contributed by atoms with E-state index in [1.807, 2.05) is 62.5 Å². The van der Waals surface area contributed by atoms with Gasteiger partial charge in [-0.3, -0.25) is 14.4 Å². The Morgan fingerprint density at radius 2 is 2.00 bits per heavy atom. The number of nitrogens with zero attached hydrogens (tertiary/aromatic N) is 5. The second-order valence-corrected chi connectivity index (χ2v) is 16.3. The SMILES string of the molecule is COc1ccc2c(c1)[C@]1(O[C@@H](CCn3cc(CCO)nn3)[C@H]([Si](C)(C)O)[C@H]1C)C(=O)N2Cc1cccc(N2CCOC2=O)c1. The van der Waals surface area contributed by atoms with E-state index in [0.717, 1.165) is 22.5 Å². The van der Waals surface area contributed by atoms with Crippen molar-refractivity contribution in [2.24, 2.45) is 5.92 Å². The van der Waals surface area contributed by atoms with E-state index in [1.54, 1.807) is 27.8 Å². The lowest BCUT2D eigenvalue weighted by Gasteiger charge is -2.32. The first-order valence-electron chi connectivity index (χ1n) is 15.0. The first-order valence-corrected chi connectivity index (χ1v) is 18.0. The third kappa shape index (κ3) is 5.17. The summed E-state index contributed by atoms with van der Waals surface area (Å²) in [6.45, 7) is 7.38. The number of ether oxygens (including phenoxy) is 3. The lowest BCUT2D eigenvalue weighted by molar-refractivity contribution is -0.146. The van der Waals surface area contributed by atoms with Crippen LogP contribution in [0, 0.1) is 5.92 Å². The summed E-state index contributed by atoms with van der Waals surface area (Å²) >= 11 is 0. The number of aliphatic hydroxyl groups is 1. The smallest absolute Gasteiger partial charge is 0.414 e. The molecule has 234 valence electrons. The number of carbonyl (C=O) groups is 2. The molecule has 12 nitrogen and oxygen atoms in total. The van der Waals surface area contributed by atoms with E-state index in [1.165, 1.54) is 0 Å². The fraction of sp³-hybridized carbons (Fsp3) is 0.484. The molecule has 3 aliphatic rings. The number of amides is 2. The zero-order chi connectivity index (χ0) is 31.2. The zero-order valence-corrected chi connectivity index (χ0v) is 26.5. The average Bonchev–Trinajstić information content (AvgIpc) is 3.75. The van der Waals surface area contributed by atoms with Crippen LogP contribution in [0.1, 0.15) is 30.2 Å². The topological polar surface area (TPSA) is 139 Å². The minimum Gasteiger partial charge on any atom is -0.497 e. The summed E-state index contributed by atoms with van der Waals surface area (Å²) in [5, 5.41) is 17.6. The second-order valence-electron chi connectivity index (χ2n) is 12.3. The summed E-state index contributed by atoms with van der Waals surface area (Å²) in [7, 11) is -1.25. The number of anilines is 2. The maximum Gasteiger partial charge on any atom is 0.414 e. The molecule has 2 aromatic carbocycles. The van der Waals surface area contributed by atoms with Gasteiger partial charge in [0.2, 0.25) is 0 Å². The van der Waals surface area contributed by atoms with Crippen molar-refractivity contribution in [2.75, 3.05) is 36.7 Å². The van der Waals surface area contributed by atoms with Gasteiger partial charge in [-0.2, -0.15) is 0 Å². The van der Waals surface area contributed by atoms with E-state index in [-0.39, 0.29) is 36.6 Å². The maximum absolute atomic E-state index is 14.7. The van der Waals surface area contributed by atoms with Crippen LogP contribution in [-0.4, -0.2) is 78.2 Å². The monoisotopic (exact) mass is 621 g/mol. The van der Waals surface area contributed by atoms with Crippen LogP contribution in [0.2, 0.25) is 18.6 Å². The Kier molecular flexibility index (Phi) is 7.99. The van der Waals surface area contributed by atoms with Gasteiger partial charge in [0.15, 0.2) is 13.9 Å². The molecule has 0 unspecified atom stereocenters. The third-order valence-corrected chi connectivity index (χ3v) is 11.6. The number of rotatable bonds is 10. The fourth-order valence-corrected chi connectivity index (χ4v) is 9.78. The van der Waals surface area contributed by atoms with Gasteiger partial charge in [-0.15, -0.1) is 5.10 Å². The zero-order valence-electron chi connectivity index (χ0n) is 25.5. The van der Waals surface area contributed by atoms with Crippen LogP contribution in [0.15, 0.2) is 48.7 Å². The molecule has 2 N–H and O–H groups in total. The summed E-state index contributed by atoms with van der Waals surface area (Å²) in [6, 6.07) is 13.2. The van der Waals surface area contributed by atoms with E-state index in [9.17, 15) is 19.5 Å². The summed E-state index contributed by atoms with van der Waals surface area (Å²) in [6.07, 6.45) is 1.96. The van der Waals surface area contributed by atoms with Gasteiger partial charge in [0, 0.05) is 48.5 Å². The normalized spacial score (nSPS) is 24.8. The predicted molar refractivity (Wildman–Crippen MR) is 164 cm³/mol. The van der Waals surface area contributed by atoms with Crippen molar-refractivity contribution in [2.45, 2.75) is 63.2 Å². The van der Waals surface area contributed by atoms with Crippen LogP contribution in [0.3, 0.4) is 0 Å². The lowest BCUT2D eigenvalue weighted by atomic mass is 9.82. The summed E-state index contributed by atoms with van der Waals surface area (Å²) in [5.41, 5.74) is 2.18. The van der Waals surface area contributed by atoms with E-state index in [2.05, 4.69) is 10.3 Å². The van der Waals surface area contributed by atoms with Crippen molar-refractivity contribution in [1.82, 2.24) is 15.0 Å². The highest BCUT2D eigenvalue weighted by Gasteiger charge is 2.66. The van der Waals surface area contributed by atoms with Crippen molar-refractivity contribution in [3.63, 3.8) is 0 Å². The molecular weight excluding hydrogens is 582 g/mol. The minimum atomic E-state index is -2.84. The van der Waals surface area contributed by atoms with Crippen molar-refractivity contribution in [3.05, 3.63) is 65.5 Å². The van der Waals surface area contributed by atoms with Gasteiger partial charge in [-0.25, -0.2) is 4.79 Å². The molecular formula is C31H39N5O7Si. The number of aryl methyl sites for hydroxylation is 1. The minimum absolute atomic E-state index is 0.00654. The Balaban J connectivity index is 1.34. The number of aromatic nitrogens is 3. The quantitative estimate of drug-likeness (QED) is 0.327. The number of aliphatic hydroxyl groups excluding tert-OH is 1. The van der Waals surface area contributed by atoms with Gasteiger partial charge in [-0.05, 0) is 55.4 Å². The number of benzene rings is 2. The summed E-state index contributed by atoms with van der Waals surface area (Å²) < 4.78 is 19.3. The van der Waals surface area contributed by atoms with E-state index < -0.39 is 20.0 Å². The lowest BCUT2D eigenvalue weighted by Crippen LogP contribution is -2.46. The maximum atomic E-state index is 14.7. The van der Waals surface area contributed by atoms with E-state index in [4.69, 9.17) is 14.2 Å². The van der Waals surface area contributed by atoms with Crippen molar-refractivity contribution in [3.8, 4) is 5.75 Å². The number of methoxy groups -OCH3 is 1. The van der Waals surface area contributed by atoms with Crippen molar-refractivity contribution < 1.29 is 33.7 Å². The molecule has 4 heterocycles. The standard InChI is InChI=1S/C31H39N5O7Si/c1-20-28(44(3,4)40)27(10-12-34-19-22(11-14-37)32-33-34)43-31(20)25-17-24(41-2)8-9-26(25)36(29(31)38)18-21-6-5-7-23(16-21)35-13-15-42-30(35)39/h5-9,16-17,19-20,27-28,37,40H,10-15,18H2,1-4H3/t20-,27+,28-,31+/m1/s1. The molecule has 6 rings (SSSR count). The summed E-state index contributed by atoms with van der Waals surface area (Å²) in [4.78, 5) is 41.8. The second kappa shape index (κ2) is 11.6. The number of carbonyl (C=O) groups excluding carboxylic acids is 2. The Hall–Kier alpha value is -3.78. The van der Waals surface area contributed by atoms with E-state index in [0.29, 0.717) is 44.0 Å². The number of hydrogen-bond donors (Lipinski definition) is 2. The molecule has 3 aromatic rings.